The van der Waals surface area contributed by atoms with E-state index in [4.69, 9.17) is 4.43 Å². The normalized spacial score (nSPS) is 12.6. The van der Waals surface area contributed by atoms with E-state index >= 15 is 0 Å². The number of hydrogen-bond acceptors (Lipinski definition) is 2. The van der Waals surface area contributed by atoms with E-state index in [0.29, 0.717) is 5.75 Å². The molecule has 0 aliphatic carbocycles. The van der Waals surface area contributed by atoms with Gasteiger partial charge in [0.2, 0.25) is 0 Å². The average molecular weight is 238 g/mol. The molecule has 0 aromatic heterocycles. The maximum Gasteiger partial charge on any atom is 0.250 e. The average Bonchev–Trinajstić information content (AvgIpc) is 2.09. The molecule has 0 saturated carbocycles. The largest absolute Gasteiger partial charge is 0.541 e. The second kappa shape index (κ2) is 4.13. The fourth-order valence-corrected chi connectivity index (χ4v) is 2.15. The van der Waals surface area contributed by atoms with Gasteiger partial charge in [-0.15, -0.1) is 0 Å². The van der Waals surface area contributed by atoms with Crippen molar-refractivity contribution in [2.45, 2.75) is 45.8 Å². The van der Waals surface area contributed by atoms with E-state index in [1.54, 1.807) is 6.07 Å². The molecular formula is C13H22O2Si. The molecule has 0 aliphatic heterocycles. The maximum absolute atomic E-state index is 9.76. The Morgan fingerprint density at radius 2 is 1.75 bits per heavy atom. The van der Waals surface area contributed by atoms with Gasteiger partial charge in [0.25, 0.3) is 8.32 Å². The summed E-state index contributed by atoms with van der Waals surface area (Å²) in [6, 6.07) is 5.47. The van der Waals surface area contributed by atoms with Crippen LogP contribution in [0.3, 0.4) is 0 Å². The van der Waals surface area contributed by atoms with Gasteiger partial charge in [0.05, 0.1) is 0 Å². The topological polar surface area (TPSA) is 29.5 Å². The first-order valence-electron chi connectivity index (χ1n) is 5.62. The van der Waals surface area contributed by atoms with Gasteiger partial charge in [-0.2, -0.15) is 0 Å². The Hall–Kier alpha value is -0.963. The lowest BCUT2D eigenvalue weighted by Crippen LogP contribution is -2.43. The summed E-state index contributed by atoms with van der Waals surface area (Å²) in [6.45, 7) is 12.9. The van der Waals surface area contributed by atoms with Crippen molar-refractivity contribution in [2.24, 2.45) is 0 Å². The van der Waals surface area contributed by atoms with Crippen LogP contribution < -0.4 is 4.43 Å². The van der Waals surface area contributed by atoms with Crippen molar-refractivity contribution in [3.05, 3.63) is 23.8 Å². The fourth-order valence-electron chi connectivity index (χ4n) is 1.13. The monoisotopic (exact) mass is 238 g/mol. The van der Waals surface area contributed by atoms with E-state index in [9.17, 15) is 5.11 Å². The SMILES string of the molecule is Cc1ccc(O)c(O[Si](C)(C)C(C)(C)C)c1. The molecule has 0 saturated heterocycles. The Morgan fingerprint density at radius 1 is 1.19 bits per heavy atom. The molecule has 0 amide bonds. The smallest absolute Gasteiger partial charge is 0.250 e. The van der Waals surface area contributed by atoms with Gasteiger partial charge in [-0.25, -0.2) is 0 Å². The molecule has 1 aromatic carbocycles. The van der Waals surface area contributed by atoms with Crippen LogP contribution in [0.5, 0.6) is 11.5 Å². The van der Waals surface area contributed by atoms with Gasteiger partial charge in [0.1, 0.15) is 5.75 Å². The minimum Gasteiger partial charge on any atom is -0.541 e. The number of phenolic OH excluding ortho intramolecular Hbond substituents is 1. The lowest BCUT2D eigenvalue weighted by Gasteiger charge is -2.36. The summed E-state index contributed by atoms with van der Waals surface area (Å²) in [5.74, 6) is 0.849. The van der Waals surface area contributed by atoms with Crippen LogP contribution in [-0.2, 0) is 0 Å². The summed E-state index contributed by atoms with van der Waals surface area (Å²) < 4.78 is 6.07. The van der Waals surface area contributed by atoms with Gasteiger partial charge in [0.15, 0.2) is 5.75 Å². The zero-order valence-electron chi connectivity index (χ0n) is 11.1. The molecule has 90 valence electrons. The third kappa shape index (κ3) is 2.79. The number of benzene rings is 1. The van der Waals surface area contributed by atoms with E-state index in [0.717, 1.165) is 5.56 Å². The molecule has 0 atom stereocenters. The molecule has 0 fully saturated rings. The maximum atomic E-state index is 9.76. The number of hydrogen-bond donors (Lipinski definition) is 1. The summed E-state index contributed by atoms with van der Waals surface area (Å²) in [6.07, 6.45) is 0. The van der Waals surface area contributed by atoms with E-state index in [1.807, 2.05) is 19.1 Å². The Balaban J connectivity index is 3.01. The molecule has 1 rings (SSSR count). The molecule has 0 unspecified atom stereocenters. The first kappa shape index (κ1) is 13.1. The van der Waals surface area contributed by atoms with E-state index in [2.05, 4.69) is 33.9 Å². The van der Waals surface area contributed by atoms with Crippen LogP contribution in [0, 0.1) is 6.92 Å². The summed E-state index contributed by atoms with van der Waals surface area (Å²) >= 11 is 0. The zero-order valence-corrected chi connectivity index (χ0v) is 12.1. The number of rotatable bonds is 2. The number of aryl methyl sites for hydroxylation is 1. The Labute approximate surface area is 99.4 Å². The zero-order chi connectivity index (χ0) is 12.6. The minimum atomic E-state index is -1.86. The van der Waals surface area contributed by atoms with E-state index in [1.165, 1.54) is 0 Å². The Bertz CT molecular complexity index is 378. The van der Waals surface area contributed by atoms with E-state index < -0.39 is 8.32 Å². The predicted molar refractivity (Wildman–Crippen MR) is 70.7 cm³/mol. The molecule has 2 nitrogen and oxygen atoms in total. The Morgan fingerprint density at radius 3 is 2.25 bits per heavy atom. The molecular weight excluding hydrogens is 216 g/mol. The van der Waals surface area contributed by atoms with Gasteiger partial charge in [-0.05, 0) is 42.8 Å². The summed E-state index contributed by atoms with van der Waals surface area (Å²) in [4.78, 5) is 0. The van der Waals surface area contributed by atoms with Crippen molar-refractivity contribution in [2.75, 3.05) is 0 Å². The van der Waals surface area contributed by atoms with Gasteiger partial charge in [-0.3, -0.25) is 0 Å². The van der Waals surface area contributed by atoms with Crippen molar-refractivity contribution >= 4 is 8.32 Å². The summed E-state index contributed by atoms with van der Waals surface area (Å²) in [7, 11) is -1.86. The van der Waals surface area contributed by atoms with E-state index in [-0.39, 0.29) is 10.8 Å². The number of phenols is 1. The van der Waals surface area contributed by atoms with Crippen molar-refractivity contribution in [1.29, 1.82) is 0 Å². The lowest BCUT2D eigenvalue weighted by molar-refractivity contribution is 0.422. The number of aromatic hydroxyl groups is 1. The van der Waals surface area contributed by atoms with Crippen molar-refractivity contribution in [1.82, 2.24) is 0 Å². The molecule has 0 radical (unpaired) electrons. The highest BCUT2D eigenvalue weighted by Gasteiger charge is 2.39. The first-order valence-corrected chi connectivity index (χ1v) is 8.53. The summed E-state index contributed by atoms with van der Waals surface area (Å²) in [5.41, 5.74) is 1.10. The van der Waals surface area contributed by atoms with Gasteiger partial charge in [-0.1, -0.05) is 26.8 Å². The molecule has 16 heavy (non-hydrogen) atoms. The second-order valence-corrected chi connectivity index (χ2v) is 10.6. The third-order valence-electron chi connectivity index (χ3n) is 3.29. The molecule has 0 aliphatic rings. The molecule has 0 heterocycles. The van der Waals surface area contributed by atoms with Crippen molar-refractivity contribution in [3.8, 4) is 11.5 Å². The van der Waals surface area contributed by atoms with Crippen LogP contribution in [0.25, 0.3) is 0 Å². The fraction of sp³-hybridized carbons (Fsp3) is 0.538. The van der Waals surface area contributed by atoms with Gasteiger partial charge in [0, 0.05) is 0 Å². The third-order valence-corrected chi connectivity index (χ3v) is 7.63. The first-order chi connectivity index (χ1) is 7.13. The lowest BCUT2D eigenvalue weighted by atomic mass is 10.2. The highest BCUT2D eigenvalue weighted by atomic mass is 28.4. The molecule has 0 bridgehead atoms. The van der Waals surface area contributed by atoms with Crippen LogP contribution in [0.15, 0.2) is 18.2 Å². The van der Waals surface area contributed by atoms with Crippen LogP contribution in [0.1, 0.15) is 26.3 Å². The van der Waals surface area contributed by atoms with Crippen LogP contribution >= 0.6 is 0 Å². The van der Waals surface area contributed by atoms with Crippen LogP contribution in [-0.4, -0.2) is 13.4 Å². The predicted octanol–water partition coefficient (Wildman–Crippen LogP) is 4.08. The van der Waals surface area contributed by atoms with Crippen LogP contribution in [0.4, 0.5) is 0 Å². The standard InChI is InChI=1S/C13H22O2Si/c1-10-7-8-11(14)12(9-10)15-16(5,6)13(2,3)4/h7-9,14H,1-6H3. The molecule has 3 heteroatoms. The Kier molecular flexibility index (Phi) is 3.38. The molecule has 0 spiro atoms. The van der Waals surface area contributed by atoms with Crippen molar-refractivity contribution in [3.63, 3.8) is 0 Å². The molecule has 1 N–H and O–H groups in total. The summed E-state index contributed by atoms with van der Waals surface area (Å²) in [5, 5.41) is 9.90. The quantitative estimate of drug-likeness (QED) is 0.787. The van der Waals surface area contributed by atoms with Crippen LogP contribution in [0.2, 0.25) is 18.1 Å². The highest BCUT2D eigenvalue weighted by molar-refractivity contribution is 6.74. The highest BCUT2D eigenvalue weighted by Crippen LogP contribution is 2.39. The van der Waals surface area contributed by atoms with Gasteiger partial charge >= 0.3 is 0 Å². The minimum absolute atomic E-state index is 0.142. The van der Waals surface area contributed by atoms with Gasteiger partial charge < -0.3 is 9.53 Å². The second-order valence-electron chi connectivity index (χ2n) is 5.83. The molecule has 1 aromatic rings. The van der Waals surface area contributed by atoms with Crippen molar-refractivity contribution < 1.29 is 9.53 Å².